The number of hydrogen-bond acceptors (Lipinski definition) is 4. The van der Waals surface area contributed by atoms with Gasteiger partial charge in [0.05, 0.1) is 5.69 Å². The van der Waals surface area contributed by atoms with Crippen LogP contribution in [0.25, 0.3) is 0 Å². The number of fused-ring (bicyclic) bond motifs is 1. The second kappa shape index (κ2) is 4.24. The maximum atomic E-state index is 4.75. The standard InChI is InChI=1S/C12H17N3S/c1-2-13-12-9-6-16-7-10(9)14-11(15-12)8-4-3-5-8/h8H,2-7H2,1H3,(H,13,14,15). The lowest BCUT2D eigenvalue weighted by Gasteiger charge is -2.24. The summed E-state index contributed by atoms with van der Waals surface area (Å²) in [5, 5.41) is 3.39. The first kappa shape index (κ1) is 10.4. The monoisotopic (exact) mass is 235 g/mol. The van der Waals surface area contributed by atoms with E-state index in [9.17, 15) is 0 Å². The lowest BCUT2D eigenvalue weighted by Crippen LogP contribution is -2.16. The van der Waals surface area contributed by atoms with Crippen molar-refractivity contribution in [2.75, 3.05) is 11.9 Å². The normalized spacial score (nSPS) is 19.3. The average Bonchev–Trinajstić information content (AvgIpc) is 2.63. The molecule has 3 nitrogen and oxygen atoms in total. The SMILES string of the molecule is CCNc1nc(C2CCC2)nc2c1CSC2. The first-order chi connectivity index (χ1) is 7.88. The molecule has 0 aromatic carbocycles. The fourth-order valence-electron chi connectivity index (χ4n) is 2.23. The van der Waals surface area contributed by atoms with Crippen LogP contribution in [0.4, 0.5) is 5.82 Å². The molecule has 1 N–H and O–H groups in total. The Morgan fingerprint density at radius 2 is 2.19 bits per heavy atom. The third-order valence-corrected chi connectivity index (χ3v) is 4.38. The van der Waals surface area contributed by atoms with Crippen LogP contribution in [0.5, 0.6) is 0 Å². The van der Waals surface area contributed by atoms with Crippen LogP contribution in [-0.4, -0.2) is 16.5 Å². The van der Waals surface area contributed by atoms with E-state index in [4.69, 9.17) is 9.97 Å². The zero-order valence-corrected chi connectivity index (χ0v) is 10.4. The van der Waals surface area contributed by atoms with E-state index >= 15 is 0 Å². The number of aromatic nitrogens is 2. The quantitative estimate of drug-likeness (QED) is 0.874. The summed E-state index contributed by atoms with van der Waals surface area (Å²) >= 11 is 1.95. The van der Waals surface area contributed by atoms with E-state index in [-0.39, 0.29) is 0 Å². The Kier molecular flexibility index (Phi) is 2.75. The molecule has 0 amide bonds. The minimum absolute atomic E-state index is 0.633. The third-order valence-electron chi connectivity index (χ3n) is 3.41. The molecular weight excluding hydrogens is 218 g/mol. The van der Waals surface area contributed by atoms with Crippen molar-refractivity contribution >= 4 is 17.6 Å². The van der Waals surface area contributed by atoms with E-state index in [0.717, 1.165) is 29.7 Å². The molecule has 1 aromatic heterocycles. The third kappa shape index (κ3) is 1.69. The van der Waals surface area contributed by atoms with Gasteiger partial charge in [-0.25, -0.2) is 9.97 Å². The molecule has 0 radical (unpaired) electrons. The van der Waals surface area contributed by atoms with Crippen molar-refractivity contribution in [1.82, 2.24) is 9.97 Å². The molecule has 0 saturated heterocycles. The fourth-order valence-corrected chi connectivity index (χ4v) is 3.27. The molecule has 86 valence electrons. The van der Waals surface area contributed by atoms with Crippen LogP contribution >= 0.6 is 11.8 Å². The summed E-state index contributed by atoms with van der Waals surface area (Å²) < 4.78 is 0. The number of rotatable bonds is 3. The van der Waals surface area contributed by atoms with E-state index in [0.29, 0.717) is 5.92 Å². The second-order valence-corrected chi connectivity index (χ2v) is 5.49. The highest BCUT2D eigenvalue weighted by Gasteiger charge is 2.26. The van der Waals surface area contributed by atoms with Gasteiger partial charge in [0, 0.05) is 29.5 Å². The van der Waals surface area contributed by atoms with Gasteiger partial charge in [0.1, 0.15) is 11.6 Å². The van der Waals surface area contributed by atoms with E-state index < -0.39 is 0 Å². The summed E-state index contributed by atoms with van der Waals surface area (Å²) in [4.78, 5) is 9.47. The van der Waals surface area contributed by atoms with Crippen molar-refractivity contribution in [3.8, 4) is 0 Å². The molecule has 4 heteroatoms. The summed E-state index contributed by atoms with van der Waals surface area (Å²) in [6, 6.07) is 0. The molecule has 2 aliphatic rings. The maximum absolute atomic E-state index is 4.75. The van der Waals surface area contributed by atoms with Crippen LogP contribution in [0.15, 0.2) is 0 Å². The van der Waals surface area contributed by atoms with Gasteiger partial charge in [-0.1, -0.05) is 6.42 Å². The molecule has 1 fully saturated rings. The summed E-state index contributed by atoms with van der Waals surface area (Å²) in [7, 11) is 0. The van der Waals surface area contributed by atoms with Crippen molar-refractivity contribution in [1.29, 1.82) is 0 Å². The van der Waals surface area contributed by atoms with Crippen molar-refractivity contribution < 1.29 is 0 Å². The maximum Gasteiger partial charge on any atom is 0.134 e. The minimum atomic E-state index is 0.633. The van der Waals surface area contributed by atoms with E-state index in [1.54, 1.807) is 0 Å². The number of nitrogens with one attached hydrogen (secondary N) is 1. The number of anilines is 1. The Balaban J connectivity index is 1.98. The average molecular weight is 235 g/mol. The first-order valence-electron chi connectivity index (χ1n) is 6.09. The Morgan fingerprint density at radius 1 is 1.31 bits per heavy atom. The van der Waals surface area contributed by atoms with Gasteiger partial charge < -0.3 is 5.32 Å². The molecule has 0 spiro atoms. The minimum Gasteiger partial charge on any atom is -0.370 e. The predicted molar refractivity (Wildman–Crippen MR) is 67.8 cm³/mol. The summed E-state index contributed by atoms with van der Waals surface area (Å²) in [5.74, 6) is 4.95. The topological polar surface area (TPSA) is 37.8 Å². The predicted octanol–water partition coefficient (Wildman–Crippen LogP) is 2.92. The molecular formula is C12H17N3S. The molecule has 1 aliphatic heterocycles. The Labute approximate surface area is 100 Å². The van der Waals surface area contributed by atoms with Crippen LogP contribution < -0.4 is 5.32 Å². The lowest BCUT2D eigenvalue weighted by atomic mass is 9.85. The molecule has 3 rings (SSSR count). The Morgan fingerprint density at radius 3 is 2.88 bits per heavy atom. The van der Waals surface area contributed by atoms with Gasteiger partial charge in [0.15, 0.2) is 0 Å². The fraction of sp³-hybridized carbons (Fsp3) is 0.667. The van der Waals surface area contributed by atoms with Crippen molar-refractivity contribution in [3.05, 3.63) is 17.1 Å². The van der Waals surface area contributed by atoms with E-state index in [1.807, 2.05) is 11.8 Å². The lowest BCUT2D eigenvalue weighted by molar-refractivity contribution is 0.401. The van der Waals surface area contributed by atoms with Crippen molar-refractivity contribution in [3.63, 3.8) is 0 Å². The molecule has 0 unspecified atom stereocenters. The molecule has 1 aromatic rings. The van der Waals surface area contributed by atoms with Gasteiger partial charge in [-0.3, -0.25) is 0 Å². The highest BCUT2D eigenvalue weighted by Crippen LogP contribution is 2.38. The summed E-state index contributed by atoms with van der Waals surface area (Å²) in [5.41, 5.74) is 2.62. The molecule has 0 atom stereocenters. The zero-order chi connectivity index (χ0) is 11.0. The van der Waals surface area contributed by atoms with Crippen molar-refractivity contribution in [2.24, 2.45) is 0 Å². The molecule has 1 saturated carbocycles. The molecule has 0 bridgehead atoms. The highest BCUT2D eigenvalue weighted by atomic mass is 32.2. The summed E-state index contributed by atoms with van der Waals surface area (Å²) in [6.45, 7) is 3.07. The van der Waals surface area contributed by atoms with Gasteiger partial charge in [0.2, 0.25) is 0 Å². The van der Waals surface area contributed by atoms with Crippen LogP contribution in [-0.2, 0) is 11.5 Å². The van der Waals surface area contributed by atoms with Gasteiger partial charge in [-0.2, -0.15) is 11.8 Å². The molecule has 2 heterocycles. The molecule has 16 heavy (non-hydrogen) atoms. The smallest absolute Gasteiger partial charge is 0.134 e. The van der Waals surface area contributed by atoms with Crippen LogP contribution in [0, 0.1) is 0 Å². The van der Waals surface area contributed by atoms with Gasteiger partial charge in [-0.05, 0) is 19.8 Å². The number of nitrogens with zero attached hydrogens (tertiary/aromatic N) is 2. The van der Waals surface area contributed by atoms with E-state index in [2.05, 4.69) is 12.2 Å². The Hall–Kier alpha value is -0.770. The van der Waals surface area contributed by atoms with Crippen molar-refractivity contribution in [2.45, 2.75) is 43.6 Å². The summed E-state index contributed by atoms with van der Waals surface area (Å²) in [6.07, 6.45) is 3.89. The van der Waals surface area contributed by atoms with E-state index in [1.165, 1.54) is 30.5 Å². The zero-order valence-electron chi connectivity index (χ0n) is 9.62. The number of thioether (sulfide) groups is 1. The number of hydrogen-bond donors (Lipinski definition) is 1. The van der Waals surface area contributed by atoms with Crippen LogP contribution in [0.2, 0.25) is 0 Å². The van der Waals surface area contributed by atoms with Gasteiger partial charge >= 0.3 is 0 Å². The van der Waals surface area contributed by atoms with Crippen LogP contribution in [0.1, 0.15) is 49.2 Å². The largest absolute Gasteiger partial charge is 0.370 e. The van der Waals surface area contributed by atoms with Gasteiger partial charge in [-0.15, -0.1) is 0 Å². The second-order valence-electron chi connectivity index (χ2n) is 4.51. The first-order valence-corrected chi connectivity index (χ1v) is 7.25. The Bertz CT molecular complexity index is 401. The highest BCUT2D eigenvalue weighted by molar-refractivity contribution is 7.98. The van der Waals surface area contributed by atoms with Gasteiger partial charge in [0.25, 0.3) is 0 Å². The van der Waals surface area contributed by atoms with Crippen LogP contribution in [0.3, 0.4) is 0 Å². The molecule has 1 aliphatic carbocycles.